The average Bonchev–Trinajstić information content (AvgIpc) is 2.93. The summed E-state index contributed by atoms with van der Waals surface area (Å²) in [6.07, 6.45) is 3.71. The second-order valence-corrected chi connectivity index (χ2v) is 8.16. The zero-order valence-corrected chi connectivity index (χ0v) is 16.7. The zero-order chi connectivity index (χ0) is 19.8. The standard InChI is InChI=1S/C21H28N4O4/c26-20-17-5-1-2-8-24(17)21(27)25(20)15-22-9-11-23(12-10-22)16-6-3-7-18-19(16)29-14-4-13-28-18/h3,6-7,17H,1-2,4-5,8-15H2. The van der Waals surface area contributed by atoms with Crippen LogP contribution in [-0.2, 0) is 4.79 Å². The van der Waals surface area contributed by atoms with Gasteiger partial charge in [-0.15, -0.1) is 0 Å². The summed E-state index contributed by atoms with van der Waals surface area (Å²) < 4.78 is 11.8. The number of fused-ring (bicyclic) bond motifs is 2. The minimum absolute atomic E-state index is 0.0175. The third kappa shape index (κ3) is 3.39. The zero-order valence-electron chi connectivity index (χ0n) is 16.7. The fourth-order valence-corrected chi connectivity index (χ4v) is 4.73. The predicted molar refractivity (Wildman–Crippen MR) is 107 cm³/mol. The SMILES string of the molecule is O=C1C2CCCCN2C(=O)N1CN1CCN(c2cccc3c2OCCCO3)CC1. The van der Waals surface area contributed by atoms with E-state index >= 15 is 0 Å². The summed E-state index contributed by atoms with van der Waals surface area (Å²) in [5.41, 5.74) is 1.06. The van der Waals surface area contributed by atoms with Crippen LogP contribution in [0.5, 0.6) is 11.5 Å². The van der Waals surface area contributed by atoms with Crippen LogP contribution in [0.3, 0.4) is 0 Å². The molecule has 4 aliphatic heterocycles. The molecule has 0 saturated carbocycles. The first-order valence-electron chi connectivity index (χ1n) is 10.7. The first kappa shape index (κ1) is 18.5. The van der Waals surface area contributed by atoms with E-state index < -0.39 is 0 Å². The molecule has 8 nitrogen and oxygen atoms in total. The molecule has 0 aliphatic carbocycles. The lowest BCUT2D eigenvalue weighted by atomic mass is 10.0. The van der Waals surface area contributed by atoms with Crippen molar-refractivity contribution >= 4 is 17.6 Å². The normalized spacial score (nSPS) is 25.2. The van der Waals surface area contributed by atoms with Crippen molar-refractivity contribution in [3.05, 3.63) is 18.2 Å². The number of amides is 3. The van der Waals surface area contributed by atoms with Crippen LogP contribution in [0.15, 0.2) is 18.2 Å². The molecule has 0 bridgehead atoms. The number of hydrogen-bond acceptors (Lipinski definition) is 6. The molecule has 8 heteroatoms. The Morgan fingerprint density at radius 2 is 1.76 bits per heavy atom. The quantitative estimate of drug-likeness (QED) is 0.721. The molecule has 0 N–H and O–H groups in total. The number of urea groups is 1. The minimum atomic E-state index is -0.227. The number of para-hydroxylation sites is 1. The van der Waals surface area contributed by atoms with Gasteiger partial charge in [0, 0.05) is 39.1 Å². The van der Waals surface area contributed by atoms with Crippen molar-refractivity contribution in [1.29, 1.82) is 0 Å². The van der Waals surface area contributed by atoms with E-state index in [4.69, 9.17) is 9.47 Å². The number of carbonyl (C=O) groups excluding carboxylic acids is 2. The van der Waals surface area contributed by atoms with Crippen molar-refractivity contribution in [3.63, 3.8) is 0 Å². The van der Waals surface area contributed by atoms with Crippen molar-refractivity contribution in [2.45, 2.75) is 31.7 Å². The van der Waals surface area contributed by atoms with Gasteiger partial charge in [0.15, 0.2) is 11.5 Å². The smallest absolute Gasteiger partial charge is 0.328 e. The highest BCUT2D eigenvalue weighted by molar-refractivity contribution is 6.04. The Morgan fingerprint density at radius 1 is 0.931 bits per heavy atom. The highest BCUT2D eigenvalue weighted by Gasteiger charge is 2.46. The van der Waals surface area contributed by atoms with Gasteiger partial charge in [0.05, 0.1) is 25.6 Å². The summed E-state index contributed by atoms with van der Waals surface area (Å²) in [4.78, 5) is 33.1. The molecule has 1 unspecified atom stereocenters. The fraction of sp³-hybridized carbons (Fsp3) is 0.619. The van der Waals surface area contributed by atoms with Crippen LogP contribution in [0.2, 0.25) is 0 Å². The van der Waals surface area contributed by atoms with Crippen LogP contribution in [0.4, 0.5) is 10.5 Å². The van der Waals surface area contributed by atoms with Gasteiger partial charge >= 0.3 is 6.03 Å². The molecule has 4 heterocycles. The van der Waals surface area contributed by atoms with E-state index in [0.717, 1.165) is 69.0 Å². The van der Waals surface area contributed by atoms with Crippen LogP contribution in [0.1, 0.15) is 25.7 Å². The van der Waals surface area contributed by atoms with Gasteiger partial charge in [0.2, 0.25) is 0 Å². The Labute approximate surface area is 170 Å². The summed E-state index contributed by atoms with van der Waals surface area (Å²) >= 11 is 0. The van der Waals surface area contributed by atoms with Crippen LogP contribution in [0.25, 0.3) is 0 Å². The van der Waals surface area contributed by atoms with Crippen molar-refractivity contribution in [3.8, 4) is 11.5 Å². The summed E-state index contributed by atoms with van der Waals surface area (Å²) in [6, 6.07) is 5.71. The lowest BCUT2D eigenvalue weighted by Gasteiger charge is -2.37. The van der Waals surface area contributed by atoms with Crippen molar-refractivity contribution in [2.24, 2.45) is 0 Å². The highest BCUT2D eigenvalue weighted by Crippen LogP contribution is 2.39. The summed E-state index contributed by atoms with van der Waals surface area (Å²) in [6.45, 7) is 5.69. The number of rotatable bonds is 3. The number of anilines is 1. The second-order valence-electron chi connectivity index (χ2n) is 8.16. The highest BCUT2D eigenvalue weighted by atomic mass is 16.5. The maximum absolute atomic E-state index is 12.7. The molecule has 3 fully saturated rings. The summed E-state index contributed by atoms with van der Waals surface area (Å²) in [7, 11) is 0. The third-order valence-electron chi connectivity index (χ3n) is 6.34. The molecule has 1 aromatic rings. The molecule has 0 radical (unpaired) electrons. The van der Waals surface area contributed by atoms with E-state index in [1.807, 2.05) is 12.1 Å². The average molecular weight is 400 g/mol. The maximum atomic E-state index is 12.7. The van der Waals surface area contributed by atoms with Gasteiger partial charge in [-0.1, -0.05) is 6.07 Å². The van der Waals surface area contributed by atoms with E-state index in [0.29, 0.717) is 26.4 Å². The monoisotopic (exact) mass is 400 g/mol. The summed E-state index contributed by atoms with van der Waals surface area (Å²) in [5.74, 6) is 1.63. The van der Waals surface area contributed by atoms with Gasteiger partial charge in [0.1, 0.15) is 6.04 Å². The molecule has 29 heavy (non-hydrogen) atoms. The lowest BCUT2D eigenvalue weighted by molar-refractivity contribution is -0.130. The molecule has 156 valence electrons. The minimum Gasteiger partial charge on any atom is -0.489 e. The number of piperazine rings is 1. The molecule has 5 rings (SSSR count). The topological polar surface area (TPSA) is 65.6 Å². The Morgan fingerprint density at radius 3 is 2.59 bits per heavy atom. The van der Waals surface area contributed by atoms with Gasteiger partial charge in [-0.05, 0) is 31.4 Å². The number of carbonyl (C=O) groups is 2. The Hall–Kier alpha value is -2.48. The van der Waals surface area contributed by atoms with Crippen molar-refractivity contribution < 1.29 is 19.1 Å². The molecular weight excluding hydrogens is 372 g/mol. The van der Waals surface area contributed by atoms with Gasteiger partial charge in [-0.3, -0.25) is 9.69 Å². The Bertz CT molecular complexity index is 769. The first-order chi connectivity index (χ1) is 14.2. The maximum Gasteiger partial charge on any atom is 0.328 e. The Balaban J connectivity index is 1.23. The molecule has 3 amide bonds. The number of imide groups is 1. The number of ether oxygens (including phenoxy) is 2. The van der Waals surface area contributed by atoms with Gasteiger partial charge in [-0.25, -0.2) is 9.69 Å². The number of nitrogens with zero attached hydrogens (tertiary/aromatic N) is 4. The van der Waals surface area contributed by atoms with Crippen LogP contribution in [0, 0.1) is 0 Å². The Kier molecular flexibility index (Phi) is 4.95. The van der Waals surface area contributed by atoms with Gasteiger partial charge < -0.3 is 19.3 Å². The van der Waals surface area contributed by atoms with Gasteiger partial charge in [0.25, 0.3) is 5.91 Å². The van der Waals surface area contributed by atoms with Crippen molar-refractivity contribution in [1.82, 2.24) is 14.7 Å². The first-order valence-corrected chi connectivity index (χ1v) is 10.7. The van der Waals surface area contributed by atoms with Crippen LogP contribution in [-0.4, -0.2) is 85.3 Å². The van der Waals surface area contributed by atoms with E-state index in [9.17, 15) is 9.59 Å². The van der Waals surface area contributed by atoms with Crippen LogP contribution >= 0.6 is 0 Å². The largest absolute Gasteiger partial charge is 0.489 e. The van der Waals surface area contributed by atoms with E-state index in [1.165, 1.54) is 4.90 Å². The molecule has 4 aliphatic rings. The van der Waals surface area contributed by atoms with E-state index in [-0.39, 0.29) is 18.0 Å². The molecular formula is C21H28N4O4. The number of hydrogen-bond donors (Lipinski definition) is 0. The second kappa shape index (κ2) is 7.74. The molecule has 0 spiro atoms. The van der Waals surface area contributed by atoms with Crippen LogP contribution < -0.4 is 14.4 Å². The molecule has 0 aromatic heterocycles. The van der Waals surface area contributed by atoms with Gasteiger partial charge in [-0.2, -0.15) is 0 Å². The molecule has 1 aromatic carbocycles. The van der Waals surface area contributed by atoms with E-state index in [1.54, 1.807) is 4.90 Å². The third-order valence-corrected chi connectivity index (χ3v) is 6.34. The number of piperidine rings is 1. The van der Waals surface area contributed by atoms with Crippen molar-refractivity contribution in [2.75, 3.05) is 57.5 Å². The van der Waals surface area contributed by atoms with E-state index in [2.05, 4.69) is 15.9 Å². The predicted octanol–water partition coefficient (Wildman–Crippen LogP) is 1.74. The fourth-order valence-electron chi connectivity index (χ4n) is 4.73. The summed E-state index contributed by atoms with van der Waals surface area (Å²) in [5, 5.41) is 0. The number of benzene rings is 1. The molecule has 1 atom stereocenters. The molecule has 3 saturated heterocycles. The lowest BCUT2D eigenvalue weighted by Crippen LogP contribution is -2.51.